The lowest BCUT2D eigenvalue weighted by molar-refractivity contribution is 0.318. The van der Waals surface area contributed by atoms with E-state index in [1.807, 2.05) is 0 Å². The van der Waals surface area contributed by atoms with E-state index in [0.29, 0.717) is 11.4 Å². The Balaban J connectivity index is 2.40. The molecule has 0 saturated heterocycles. The molecule has 0 bridgehead atoms. The van der Waals surface area contributed by atoms with Crippen LogP contribution in [0.1, 0.15) is 11.3 Å². The summed E-state index contributed by atoms with van der Waals surface area (Å²) in [6, 6.07) is 6.27. The molecule has 0 aliphatic carbocycles. The summed E-state index contributed by atoms with van der Waals surface area (Å²) in [4.78, 5) is 4.06. The molecule has 0 unspecified atom stereocenters. The van der Waals surface area contributed by atoms with E-state index < -0.39 is 5.82 Å². The zero-order valence-corrected chi connectivity index (χ0v) is 12.1. The van der Waals surface area contributed by atoms with Crippen LogP contribution in [0.15, 0.2) is 40.1 Å². The van der Waals surface area contributed by atoms with Gasteiger partial charge < -0.3 is 15.7 Å². The lowest BCUT2D eigenvalue weighted by Crippen LogP contribution is -2.14. The number of hydrogen-bond acceptors (Lipinski definition) is 4. The molecule has 0 spiro atoms. The molecule has 0 amide bonds. The van der Waals surface area contributed by atoms with Gasteiger partial charge in [0.15, 0.2) is 17.4 Å². The summed E-state index contributed by atoms with van der Waals surface area (Å²) in [7, 11) is 0. The molecule has 20 heavy (non-hydrogen) atoms. The maximum absolute atomic E-state index is 14.2. The van der Waals surface area contributed by atoms with Gasteiger partial charge in [-0.2, -0.15) is 0 Å². The third kappa shape index (κ3) is 2.72. The lowest BCUT2D eigenvalue weighted by atomic mass is 10.2. The topological polar surface area (TPSA) is 80.7 Å². The minimum absolute atomic E-state index is 0.0162. The molecule has 3 N–H and O–H groups in total. The van der Waals surface area contributed by atoms with Crippen LogP contribution in [0.5, 0.6) is 11.5 Å². The Morgan fingerprint density at radius 2 is 2.15 bits per heavy atom. The van der Waals surface area contributed by atoms with Crippen molar-refractivity contribution >= 4 is 21.8 Å². The number of nitrogens with zero attached hydrogens (tertiary/aromatic N) is 2. The Hall–Kier alpha value is -2.15. The smallest absolute Gasteiger partial charge is 0.180 e. The van der Waals surface area contributed by atoms with E-state index in [0.717, 1.165) is 0 Å². The molecule has 0 saturated carbocycles. The van der Waals surface area contributed by atoms with Gasteiger partial charge >= 0.3 is 0 Å². The second kappa shape index (κ2) is 5.87. The van der Waals surface area contributed by atoms with Crippen molar-refractivity contribution < 1.29 is 14.3 Å². The highest BCUT2D eigenvalue weighted by molar-refractivity contribution is 9.10. The van der Waals surface area contributed by atoms with Gasteiger partial charge in [-0.15, -0.1) is 0 Å². The van der Waals surface area contributed by atoms with Gasteiger partial charge in [0.1, 0.15) is 5.75 Å². The van der Waals surface area contributed by atoms with E-state index >= 15 is 0 Å². The van der Waals surface area contributed by atoms with Crippen molar-refractivity contribution in [1.82, 2.24) is 4.98 Å². The van der Waals surface area contributed by atoms with Crippen LogP contribution in [-0.2, 0) is 0 Å². The number of pyridine rings is 1. The van der Waals surface area contributed by atoms with Gasteiger partial charge in [-0.05, 0) is 47.1 Å². The summed E-state index contributed by atoms with van der Waals surface area (Å²) >= 11 is 3.06. The van der Waals surface area contributed by atoms with Crippen molar-refractivity contribution in [3.63, 3.8) is 0 Å². The minimum Gasteiger partial charge on any atom is -0.452 e. The molecule has 104 valence electrons. The molecule has 0 radical (unpaired) electrons. The van der Waals surface area contributed by atoms with Crippen LogP contribution in [0.4, 0.5) is 4.39 Å². The Labute approximate surface area is 123 Å². The van der Waals surface area contributed by atoms with E-state index in [1.165, 1.54) is 12.1 Å². The predicted octanol–water partition coefficient (Wildman–Crippen LogP) is 3.18. The van der Waals surface area contributed by atoms with Crippen LogP contribution < -0.4 is 10.5 Å². The fourth-order valence-corrected chi connectivity index (χ4v) is 2.09. The van der Waals surface area contributed by atoms with Crippen molar-refractivity contribution in [1.29, 1.82) is 0 Å². The molecule has 0 fully saturated rings. The third-order valence-corrected chi connectivity index (χ3v) is 3.38. The van der Waals surface area contributed by atoms with Crippen LogP contribution in [0.25, 0.3) is 0 Å². The number of oxime groups is 1. The molecule has 1 aromatic carbocycles. The Bertz CT molecular complexity index is 677. The van der Waals surface area contributed by atoms with Gasteiger partial charge in [-0.1, -0.05) is 5.16 Å². The second-order valence-corrected chi connectivity index (χ2v) is 4.71. The summed E-state index contributed by atoms with van der Waals surface area (Å²) in [6.45, 7) is 1.76. The highest BCUT2D eigenvalue weighted by Gasteiger charge is 2.16. The van der Waals surface area contributed by atoms with E-state index in [9.17, 15) is 4.39 Å². The summed E-state index contributed by atoms with van der Waals surface area (Å²) in [6.07, 6.45) is 1.62. The van der Waals surface area contributed by atoms with Crippen LogP contribution in [0.2, 0.25) is 0 Å². The number of nitrogens with two attached hydrogens (primary N) is 1. The molecule has 5 nitrogen and oxygen atoms in total. The van der Waals surface area contributed by atoms with Gasteiger partial charge in [-0.25, -0.2) is 4.39 Å². The number of benzene rings is 1. The molecule has 1 heterocycles. The largest absolute Gasteiger partial charge is 0.452 e. The molecule has 1 aromatic heterocycles. The maximum atomic E-state index is 14.2. The van der Waals surface area contributed by atoms with Gasteiger partial charge in [0.25, 0.3) is 0 Å². The zero-order chi connectivity index (χ0) is 14.7. The first kappa shape index (κ1) is 14.3. The van der Waals surface area contributed by atoms with Gasteiger partial charge in [0, 0.05) is 11.8 Å². The third-order valence-electron chi connectivity index (χ3n) is 2.61. The first-order valence-electron chi connectivity index (χ1n) is 5.60. The summed E-state index contributed by atoms with van der Waals surface area (Å²) in [5, 5.41) is 11.5. The van der Waals surface area contributed by atoms with Crippen molar-refractivity contribution in [3.05, 3.63) is 52.0 Å². The lowest BCUT2D eigenvalue weighted by Gasteiger charge is -2.11. The first-order chi connectivity index (χ1) is 9.54. The average molecular weight is 340 g/mol. The van der Waals surface area contributed by atoms with Crippen molar-refractivity contribution in [2.45, 2.75) is 6.92 Å². The summed E-state index contributed by atoms with van der Waals surface area (Å²) < 4.78 is 19.7. The molecule has 7 heteroatoms. The van der Waals surface area contributed by atoms with E-state index in [4.69, 9.17) is 15.7 Å². The highest BCUT2D eigenvalue weighted by atomic mass is 79.9. The Morgan fingerprint density at radius 1 is 1.40 bits per heavy atom. The zero-order valence-electron chi connectivity index (χ0n) is 10.5. The molecule has 2 rings (SSSR count). The fourth-order valence-electron chi connectivity index (χ4n) is 1.56. The van der Waals surface area contributed by atoms with E-state index in [2.05, 4.69) is 26.1 Å². The van der Waals surface area contributed by atoms with Gasteiger partial charge in [0.2, 0.25) is 0 Å². The monoisotopic (exact) mass is 339 g/mol. The van der Waals surface area contributed by atoms with Crippen molar-refractivity contribution in [2.24, 2.45) is 10.9 Å². The quantitative estimate of drug-likeness (QED) is 0.389. The Kier molecular flexibility index (Phi) is 4.19. The van der Waals surface area contributed by atoms with E-state index in [1.54, 1.807) is 25.3 Å². The fraction of sp³-hybridized carbons (Fsp3) is 0.0769. The highest BCUT2D eigenvalue weighted by Crippen LogP contribution is 2.32. The maximum Gasteiger partial charge on any atom is 0.180 e. The van der Waals surface area contributed by atoms with Crippen molar-refractivity contribution in [2.75, 3.05) is 0 Å². The predicted molar refractivity (Wildman–Crippen MR) is 75.7 cm³/mol. The molecular weight excluding hydrogens is 329 g/mol. The van der Waals surface area contributed by atoms with Crippen LogP contribution in [0, 0.1) is 12.7 Å². The number of rotatable bonds is 3. The SMILES string of the molecule is Cc1ncccc1Oc1ccc(/C(N)=N/O)c(Br)c1F. The number of aromatic nitrogens is 1. The molecule has 2 aromatic rings. The van der Waals surface area contributed by atoms with Crippen LogP contribution >= 0.6 is 15.9 Å². The van der Waals surface area contributed by atoms with Crippen LogP contribution in [-0.4, -0.2) is 16.0 Å². The van der Waals surface area contributed by atoms with E-state index in [-0.39, 0.29) is 21.6 Å². The molecule has 0 atom stereocenters. The van der Waals surface area contributed by atoms with Gasteiger partial charge in [-0.3, -0.25) is 4.98 Å². The van der Waals surface area contributed by atoms with Gasteiger partial charge in [0.05, 0.1) is 10.2 Å². The summed E-state index contributed by atoms with van der Waals surface area (Å²) in [5.74, 6) is -0.366. The standard InChI is InChI=1S/C13H11BrFN3O2/c1-7-9(3-2-6-17-7)20-10-5-4-8(13(16)18-19)11(14)12(10)15/h2-6,19H,1H3,(H2,16,18). The number of hydrogen-bond donors (Lipinski definition) is 2. The summed E-state index contributed by atoms with van der Waals surface area (Å²) in [5.41, 5.74) is 6.32. The normalized spacial score (nSPS) is 11.4. The number of aryl methyl sites for hydroxylation is 1. The molecule has 0 aliphatic rings. The molecular formula is C13H11BrFN3O2. The second-order valence-electron chi connectivity index (χ2n) is 3.91. The van der Waals surface area contributed by atoms with Crippen LogP contribution in [0.3, 0.4) is 0 Å². The Morgan fingerprint density at radius 3 is 2.80 bits per heavy atom. The number of ether oxygens (including phenoxy) is 1. The first-order valence-corrected chi connectivity index (χ1v) is 6.39. The minimum atomic E-state index is -0.641. The molecule has 0 aliphatic heterocycles. The number of amidine groups is 1. The average Bonchev–Trinajstić information content (AvgIpc) is 2.45. The number of halogens is 2. The van der Waals surface area contributed by atoms with Crippen molar-refractivity contribution in [3.8, 4) is 11.5 Å².